The molecule has 4 aromatic rings. The first-order valence-electron chi connectivity index (χ1n) is 24.1. The fourth-order valence-corrected chi connectivity index (χ4v) is 9.38. The summed E-state index contributed by atoms with van der Waals surface area (Å²) in [4.78, 5) is 50.5. The highest BCUT2D eigenvalue weighted by Crippen LogP contribution is 2.23. The third-order valence-electron chi connectivity index (χ3n) is 9.80. The Morgan fingerprint density at radius 2 is 0.829 bits per heavy atom. The number of rotatable bonds is 21. The molecule has 0 radical (unpaired) electrons. The van der Waals surface area contributed by atoms with Crippen molar-refractivity contribution in [3.63, 3.8) is 0 Å². The molecule has 0 spiro atoms. The van der Waals surface area contributed by atoms with Crippen molar-refractivity contribution in [1.82, 2.24) is 0 Å². The van der Waals surface area contributed by atoms with Crippen LogP contribution in [0.5, 0.6) is 0 Å². The Morgan fingerprint density at radius 3 is 1.24 bits per heavy atom. The van der Waals surface area contributed by atoms with Crippen molar-refractivity contribution in [1.29, 1.82) is 0 Å². The molecule has 0 amide bonds. The van der Waals surface area contributed by atoms with Gasteiger partial charge in [-0.15, -0.1) is 0 Å². The molecular formula is C60H78F2O4S4. The Labute approximate surface area is 441 Å². The van der Waals surface area contributed by atoms with E-state index in [2.05, 4.69) is 76.2 Å². The molecule has 0 bridgehead atoms. The largest absolute Gasteiger partial charge is 0.299 e. The second-order valence-electron chi connectivity index (χ2n) is 22.2. The van der Waals surface area contributed by atoms with Crippen molar-refractivity contribution in [2.75, 3.05) is 0 Å². The number of hydrogen-bond acceptors (Lipinski definition) is 8. The Kier molecular flexibility index (Phi) is 29.1. The first-order chi connectivity index (χ1) is 32.4. The van der Waals surface area contributed by atoms with Crippen LogP contribution in [-0.2, 0) is 44.9 Å². The van der Waals surface area contributed by atoms with Crippen molar-refractivity contribution < 1.29 is 28.0 Å². The first kappa shape index (κ1) is 63.8. The summed E-state index contributed by atoms with van der Waals surface area (Å²) in [6.45, 7) is 25.2. The fourth-order valence-electron chi connectivity index (χ4n) is 7.11. The lowest BCUT2D eigenvalue weighted by Crippen LogP contribution is -2.16. The fraction of sp³-hybridized carbons (Fsp3) is 0.467. The second-order valence-corrected chi connectivity index (χ2v) is 24.5. The number of Topliss-reactive ketones (excluding diaryl/α,β-unsaturated/α-hetero) is 4. The lowest BCUT2D eigenvalue weighted by Gasteiger charge is -2.18. The molecule has 380 valence electrons. The van der Waals surface area contributed by atoms with Gasteiger partial charge in [0.2, 0.25) is 0 Å². The van der Waals surface area contributed by atoms with Gasteiger partial charge in [-0.05, 0) is 95.2 Å². The van der Waals surface area contributed by atoms with Crippen LogP contribution in [0.2, 0.25) is 0 Å². The summed E-state index contributed by atoms with van der Waals surface area (Å²) in [6, 6.07) is 30.4. The van der Waals surface area contributed by atoms with Gasteiger partial charge in [-0.1, -0.05) is 216 Å². The van der Waals surface area contributed by atoms with Crippen LogP contribution in [-0.4, -0.2) is 42.6 Å². The van der Waals surface area contributed by atoms with Crippen molar-refractivity contribution in [2.45, 2.75) is 160 Å². The molecule has 4 nitrogen and oxygen atoms in total. The number of hydrogen-bond donors (Lipinski definition) is 0. The van der Waals surface area contributed by atoms with E-state index in [9.17, 15) is 28.0 Å². The summed E-state index contributed by atoms with van der Waals surface area (Å²) in [5.41, 5.74) is 4.88. The van der Waals surface area contributed by atoms with Gasteiger partial charge in [0.05, 0.1) is 0 Å². The van der Waals surface area contributed by atoms with Crippen LogP contribution in [0.3, 0.4) is 0 Å². The molecule has 10 heteroatoms. The van der Waals surface area contributed by atoms with Crippen LogP contribution >= 0.6 is 48.9 Å². The average molecular weight is 1030 g/mol. The second kappa shape index (κ2) is 32.0. The smallest absolute Gasteiger partial charge is 0.142 e. The quantitative estimate of drug-likeness (QED) is 0.0765. The highest BCUT2D eigenvalue weighted by Gasteiger charge is 2.19. The monoisotopic (exact) mass is 1030 g/mol. The molecule has 0 fully saturated rings. The summed E-state index contributed by atoms with van der Waals surface area (Å²) >= 11 is 20.9. The van der Waals surface area contributed by atoms with Crippen molar-refractivity contribution in [3.8, 4) is 0 Å². The molecule has 70 heavy (non-hydrogen) atoms. The number of carbonyl (C=O) groups excluding carboxylic acids is 4. The summed E-state index contributed by atoms with van der Waals surface area (Å²) in [6.07, 6.45) is 6.02. The van der Waals surface area contributed by atoms with Gasteiger partial charge in [0.15, 0.2) is 0 Å². The Hall–Kier alpha value is -4.22. The third kappa shape index (κ3) is 34.2. The first-order valence-corrected chi connectivity index (χ1v) is 25.7. The van der Waals surface area contributed by atoms with E-state index in [0.717, 1.165) is 56.3 Å². The molecule has 4 rings (SSSR count). The molecule has 0 saturated carbocycles. The van der Waals surface area contributed by atoms with Gasteiger partial charge in [0.25, 0.3) is 0 Å². The van der Waals surface area contributed by atoms with Crippen molar-refractivity contribution >= 4 is 91.5 Å². The van der Waals surface area contributed by atoms with E-state index in [0.29, 0.717) is 49.1 Å². The van der Waals surface area contributed by atoms with Crippen LogP contribution < -0.4 is 0 Å². The molecule has 0 aromatic heterocycles. The summed E-state index contributed by atoms with van der Waals surface area (Å²) in [5.74, 6) is 0.372. The standard InChI is InChI=1S/C16H22OS.2C15H19FOS.C14H18OS/c1-12-5-7-13(8-6-12)9-14(17)10-15(18)11-16(2,3)4;1-15(2,3)10-14(18)9-13(17)8-11-5-4-6-12(16)7-11;1-15(2,3)10-13(18)9-12(17)8-11-6-4-5-7-14(11)16;1-11(2)8-14(16)10-13(15)9-12-6-4-3-5-7-12/h5-8H,9-11H2,1-4H3;2*4-7H,8-10H2,1-3H3;3-7,11H,8-10H2,1-2H3. The number of thiocarbonyl (C=S) groups is 4. The minimum Gasteiger partial charge on any atom is -0.299 e. The third-order valence-corrected chi connectivity index (χ3v) is 11.0. The van der Waals surface area contributed by atoms with E-state index in [-0.39, 0.29) is 70.3 Å². The van der Waals surface area contributed by atoms with E-state index in [4.69, 9.17) is 48.9 Å². The van der Waals surface area contributed by atoms with Gasteiger partial charge in [-0.3, -0.25) is 19.2 Å². The Balaban J connectivity index is 0.000000467. The van der Waals surface area contributed by atoms with E-state index < -0.39 is 0 Å². The Bertz CT molecular complexity index is 2330. The van der Waals surface area contributed by atoms with E-state index >= 15 is 0 Å². The van der Waals surface area contributed by atoms with Crippen molar-refractivity contribution in [2.24, 2.45) is 22.2 Å². The van der Waals surface area contributed by atoms with Crippen LogP contribution in [0.4, 0.5) is 8.78 Å². The number of halogens is 2. The van der Waals surface area contributed by atoms with Crippen LogP contribution in [0.1, 0.15) is 155 Å². The molecule has 0 aliphatic rings. The maximum atomic E-state index is 13.4. The number of ketones is 4. The summed E-state index contributed by atoms with van der Waals surface area (Å²) in [7, 11) is 0. The van der Waals surface area contributed by atoms with Crippen LogP contribution in [0.25, 0.3) is 0 Å². The molecule has 0 unspecified atom stereocenters. The maximum Gasteiger partial charge on any atom is 0.142 e. The van der Waals surface area contributed by atoms with Crippen LogP contribution in [0.15, 0.2) is 103 Å². The minimum atomic E-state index is -0.326. The molecule has 0 aliphatic heterocycles. The topological polar surface area (TPSA) is 68.3 Å². The number of aryl methyl sites for hydroxylation is 1. The normalized spacial score (nSPS) is 11.1. The number of carbonyl (C=O) groups is 4. The molecule has 0 saturated heterocycles. The zero-order valence-corrected chi connectivity index (χ0v) is 47.2. The molecule has 0 atom stereocenters. The van der Waals surface area contributed by atoms with Gasteiger partial charge < -0.3 is 0 Å². The Morgan fingerprint density at radius 1 is 0.457 bits per heavy atom. The van der Waals surface area contributed by atoms with E-state index in [1.165, 1.54) is 23.8 Å². The van der Waals surface area contributed by atoms with E-state index in [1.54, 1.807) is 30.3 Å². The molecule has 4 aromatic carbocycles. The highest BCUT2D eigenvalue weighted by atomic mass is 32.1. The maximum absolute atomic E-state index is 13.4. The van der Waals surface area contributed by atoms with Gasteiger partial charge in [0.1, 0.15) is 34.8 Å². The molecule has 0 aliphatic carbocycles. The summed E-state index contributed by atoms with van der Waals surface area (Å²) in [5, 5.41) is 0. The van der Waals surface area contributed by atoms with Crippen LogP contribution in [0, 0.1) is 40.7 Å². The summed E-state index contributed by atoms with van der Waals surface area (Å²) < 4.78 is 26.3. The number of benzene rings is 4. The molecular weight excluding hydrogens is 951 g/mol. The zero-order valence-electron chi connectivity index (χ0n) is 43.9. The van der Waals surface area contributed by atoms with E-state index in [1.807, 2.05) is 61.5 Å². The van der Waals surface area contributed by atoms with Gasteiger partial charge in [-0.2, -0.15) is 0 Å². The predicted molar refractivity (Wildman–Crippen MR) is 306 cm³/mol. The van der Waals surface area contributed by atoms with Gasteiger partial charge >= 0.3 is 0 Å². The van der Waals surface area contributed by atoms with Gasteiger partial charge in [-0.25, -0.2) is 8.78 Å². The lowest BCUT2D eigenvalue weighted by molar-refractivity contribution is -0.118. The van der Waals surface area contributed by atoms with Gasteiger partial charge in [0, 0.05) is 70.8 Å². The lowest BCUT2D eigenvalue weighted by atomic mass is 9.89. The minimum absolute atomic E-state index is 0.0191. The predicted octanol–water partition coefficient (Wildman–Crippen LogP) is 16.2. The molecule has 0 heterocycles. The zero-order chi connectivity index (χ0) is 53.2. The SMILES string of the molecule is CC(C)(C)CC(=S)CC(=O)Cc1cccc(F)c1.CC(C)(C)CC(=S)CC(=O)Cc1ccccc1F.CC(C)CC(=S)CC(=O)Cc1ccccc1.Cc1ccc(CC(=O)CC(=S)CC(C)(C)C)cc1. The molecule has 0 N–H and O–H groups in total. The van der Waals surface area contributed by atoms with Crippen molar-refractivity contribution in [3.05, 3.63) is 143 Å². The average Bonchev–Trinajstić information content (AvgIpc) is 3.18. The highest BCUT2D eigenvalue weighted by molar-refractivity contribution is 7.81.